The van der Waals surface area contributed by atoms with Gasteiger partial charge in [-0.15, -0.1) is 0 Å². The van der Waals surface area contributed by atoms with Crippen LogP contribution >= 0.6 is 0 Å². The van der Waals surface area contributed by atoms with Crippen LogP contribution in [0.15, 0.2) is 24.3 Å². The number of piperidine rings is 1. The summed E-state index contributed by atoms with van der Waals surface area (Å²) in [5.41, 5.74) is 2.51. The van der Waals surface area contributed by atoms with Crippen molar-refractivity contribution < 1.29 is 4.79 Å². The monoisotopic (exact) mass is 259 g/mol. The Kier molecular flexibility index (Phi) is 3.69. The molecule has 4 nitrogen and oxygen atoms in total. The highest BCUT2D eigenvalue weighted by atomic mass is 16.2. The van der Waals surface area contributed by atoms with E-state index >= 15 is 0 Å². The maximum atomic E-state index is 11.4. The van der Waals surface area contributed by atoms with Crippen LogP contribution in [0.1, 0.15) is 30.9 Å². The number of amides is 1. The highest BCUT2D eigenvalue weighted by Crippen LogP contribution is 2.25. The van der Waals surface area contributed by atoms with Crippen molar-refractivity contribution in [3.8, 4) is 0 Å². The molecular formula is C15H21N3O. The second-order valence-electron chi connectivity index (χ2n) is 5.37. The minimum absolute atomic E-state index is 0.115. The van der Waals surface area contributed by atoms with Gasteiger partial charge in [-0.2, -0.15) is 0 Å². The summed E-state index contributed by atoms with van der Waals surface area (Å²) in [7, 11) is 0. The number of hydrogen-bond donors (Lipinski definition) is 2. The van der Waals surface area contributed by atoms with E-state index < -0.39 is 0 Å². The van der Waals surface area contributed by atoms with Crippen molar-refractivity contribution in [1.82, 2.24) is 10.6 Å². The number of benzene rings is 1. The summed E-state index contributed by atoms with van der Waals surface area (Å²) in [5, 5.41) is 6.42. The third kappa shape index (κ3) is 2.89. The molecular weight excluding hydrogens is 238 g/mol. The lowest BCUT2D eigenvalue weighted by Gasteiger charge is -2.29. The lowest BCUT2D eigenvalue weighted by molar-refractivity contribution is -0.120. The molecule has 2 saturated heterocycles. The molecule has 1 aromatic rings. The van der Waals surface area contributed by atoms with Crippen LogP contribution in [0.3, 0.4) is 0 Å². The smallest absolute Gasteiger partial charge is 0.239 e. The summed E-state index contributed by atoms with van der Waals surface area (Å²) in [5.74, 6) is 0.115. The van der Waals surface area contributed by atoms with Gasteiger partial charge in [0.05, 0.1) is 6.54 Å². The summed E-state index contributed by atoms with van der Waals surface area (Å²) < 4.78 is 0. The van der Waals surface area contributed by atoms with E-state index in [1.54, 1.807) is 0 Å². The quantitative estimate of drug-likeness (QED) is 0.844. The first-order chi connectivity index (χ1) is 9.33. The molecule has 3 rings (SSSR count). The predicted octanol–water partition coefficient (Wildman–Crippen LogP) is 1.44. The van der Waals surface area contributed by atoms with Gasteiger partial charge >= 0.3 is 0 Å². The Morgan fingerprint density at radius 1 is 1.11 bits per heavy atom. The minimum atomic E-state index is 0.115. The zero-order chi connectivity index (χ0) is 13.1. The van der Waals surface area contributed by atoms with Crippen molar-refractivity contribution >= 4 is 11.6 Å². The largest absolute Gasteiger partial charge is 0.360 e. The summed E-state index contributed by atoms with van der Waals surface area (Å²) in [6.07, 6.45) is 3.83. The fourth-order valence-electron chi connectivity index (χ4n) is 2.91. The standard InChI is InChI=1S/C15H21N3O/c19-15-11-18(10-9-17-15)13-6-4-12(5-7-13)14-3-1-2-8-16-14/h4-7,14,16H,1-3,8-11H2,(H,17,19). The van der Waals surface area contributed by atoms with Gasteiger partial charge in [0.1, 0.15) is 0 Å². The molecule has 2 fully saturated rings. The maximum Gasteiger partial charge on any atom is 0.239 e. The van der Waals surface area contributed by atoms with Crippen molar-refractivity contribution in [2.75, 3.05) is 31.1 Å². The van der Waals surface area contributed by atoms with Crippen LogP contribution in [0.4, 0.5) is 5.69 Å². The average Bonchev–Trinajstić information content (AvgIpc) is 2.48. The van der Waals surface area contributed by atoms with Gasteiger partial charge in [-0.05, 0) is 37.1 Å². The van der Waals surface area contributed by atoms with Crippen molar-refractivity contribution in [2.24, 2.45) is 0 Å². The van der Waals surface area contributed by atoms with Crippen LogP contribution in [0.25, 0.3) is 0 Å². The van der Waals surface area contributed by atoms with Crippen LogP contribution in [-0.2, 0) is 4.79 Å². The van der Waals surface area contributed by atoms with Crippen LogP contribution in [0.5, 0.6) is 0 Å². The van der Waals surface area contributed by atoms with Gasteiger partial charge < -0.3 is 15.5 Å². The van der Waals surface area contributed by atoms with Crippen molar-refractivity contribution in [1.29, 1.82) is 0 Å². The van der Waals surface area contributed by atoms with E-state index in [0.29, 0.717) is 12.6 Å². The first kappa shape index (κ1) is 12.5. The number of hydrogen-bond acceptors (Lipinski definition) is 3. The van der Waals surface area contributed by atoms with Crippen molar-refractivity contribution in [2.45, 2.75) is 25.3 Å². The Morgan fingerprint density at radius 3 is 2.63 bits per heavy atom. The molecule has 0 bridgehead atoms. The lowest BCUT2D eigenvalue weighted by Crippen LogP contribution is -2.47. The zero-order valence-electron chi connectivity index (χ0n) is 11.2. The van der Waals surface area contributed by atoms with E-state index in [9.17, 15) is 4.79 Å². The van der Waals surface area contributed by atoms with Crippen molar-refractivity contribution in [3.63, 3.8) is 0 Å². The summed E-state index contributed by atoms with van der Waals surface area (Å²) in [6, 6.07) is 9.19. The van der Waals surface area contributed by atoms with Gasteiger partial charge in [0.15, 0.2) is 0 Å². The first-order valence-corrected chi connectivity index (χ1v) is 7.18. The number of carbonyl (C=O) groups is 1. The first-order valence-electron chi connectivity index (χ1n) is 7.18. The zero-order valence-corrected chi connectivity index (χ0v) is 11.2. The van der Waals surface area contributed by atoms with Crippen molar-refractivity contribution in [3.05, 3.63) is 29.8 Å². The topological polar surface area (TPSA) is 44.4 Å². The minimum Gasteiger partial charge on any atom is -0.360 e. The van der Waals surface area contributed by atoms with Gasteiger partial charge in [0.2, 0.25) is 5.91 Å². The fourth-order valence-corrected chi connectivity index (χ4v) is 2.91. The van der Waals surface area contributed by atoms with E-state index in [1.807, 2.05) is 0 Å². The molecule has 19 heavy (non-hydrogen) atoms. The highest BCUT2D eigenvalue weighted by molar-refractivity contribution is 5.82. The number of anilines is 1. The normalized spacial score (nSPS) is 24.1. The fraction of sp³-hybridized carbons (Fsp3) is 0.533. The van der Waals surface area contributed by atoms with Gasteiger partial charge in [0, 0.05) is 24.8 Å². The molecule has 1 aromatic carbocycles. The van der Waals surface area contributed by atoms with Gasteiger partial charge in [-0.25, -0.2) is 0 Å². The molecule has 1 unspecified atom stereocenters. The third-order valence-electron chi connectivity index (χ3n) is 4.01. The van der Waals surface area contributed by atoms with Gasteiger partial charge in [0.25, 0.3) is 0 Å². The van der Waals surface area contributed by atoms with E-state index in [0.717, 1.165) is 25.3 Å². The molecule has 1 amide bonds. The Hall–Kier alpha value is -1.55. The highest BCUT2D eigenvalue weighted by Gasteiger charge is 2.18. The van der Waals surface area contributed by atoms with Crippen LogP contribution in [0, 0.1) is 0 Å². The third-order valence-corrected chi connectivity index (χ3v) is 4.01. The van der Waals surface area contributed by atoms with Crippen LogP contribution in [-0.4, -0.2) is 32.1 Å². The molecule has 0 aromatic heterocycles. The molecule has 0 radical (unpaired) electrons. The number of nitrogens with zero attached hydrogens (tertiary/aromatic N) is 1. The number of piperazine rings is 1. The van der Waals surface area contributed by atoms with E-state index in [2.05, 4.69) is 39.8 Å². The second kappa shape index (κ2) is 5.61. The molecule has 0 spiro atoms. The van der Waals surface area contributed by atoms with E-state index in [4.69, 9.17) is 0 Å². The molecule has 0 aliphatic carbocycles. The predicted molar refractivity (Wildman–Crippen MR) is 76.3 cm³/mol. The van der Waals surface area contributed by atoms with Crippen LogP contribution in [0.2, 0.25) is 0 Å². The molecule has 2 N–H and O–H groups in total. The summed E-state index contributed by atoms with van der Waals surface area (Å²) >= 11 is 0. The SMILES string of the molecule is O=C1CN(c2ccc(C3CCCCN3)cc2)CCN1. The lowest BCUT2D eigenvalue weighted by atomic mass is 9.97. The van der Waals surface area contributed by atoms with E-state index in [1.165, 1.54) is 24.8 Å². The number of carbonyl (C=O) groups excluding carboxylic acids is 1. The molecule has 102 valence electrons. The Labute approximate surface area is 114 Å². The molecule has 2 aliphatic heterocycles. The summed E-state index contributed by atoms with van der Waals surface area (Å²) in [4.78, 5) is 13.5. The average molecular weight is 259 g/mol. The Bertz CT molecular complexity index is 437. The molecule has 0 saturated carbocycles. The van der Waals surface area contributed by atoms with Gasteiger partial charge in [-0.1, -0.05) is 18.6 Å². The second-order valence-corrected chi connectivity index (χ2v) is 5.37. The summed E-state index contributed by atoms with van der Waals surface area (Å²) in [6.45, 7) is 3.23. The molecule has 2 aliphatic rings. The molecule has 1 atom stereocenters. The number of rotatable bonds is 2. The van der Waals surface area contributed by atoms with Crippen LogP contribution < -0.4 is 15.5 Å². The number of nitrogens with one attached hydrogen (secondary N) is 2. The molecule has 2 heterocycles. The maximum absolute atomic E-state index is 11.4. The van der Waals surface area contributed by atoms with Gasteiger partial charge in [-0.3, -0.25) is 4.79 Å². The molecule has 4 heteroatoms. The Morgan fingerprint density at radius 2 is 1.95 bits per heavy atom. The van der Waals surface area contributed by atoms with E-state index in [-0.39, 0.29) is 5.91 Å². The Balaban J connectivity index is 1.69.